The molecule has 2 aromatic rings. The number of alkyl halides is 9. The summed E-state index contributed by atoms with van der Waals surface area (Å²) >= 11 is 0. The lowest BCUT2D eigenvalue weighted by Crippen LogP contribution is -2.26. The number of halogens is 9. The maximum atomic E-state index is 13.1. The predicted molar refractivity (Wildman–Crippen MR) is 85.5 cm³/mol. The largest absolute Gasteiger partial charge is 0.433 e. The highest BCUT2D eigenvalue weighted by Crippen LogP contribution is 2.36. The van der Waals surface area contributed by atoms with Crippen molar-refractivity contribution in [3.63, 3.8) is 0 Å². The summed E-state index contributed by atoms with van der Waals surface area (Å²) in [4.78, 5) is 15.9. The Balaban J connectivity index is 2.37. The number of hydrogen-bond donors (Lipinski definition) is 0. The minimum atomic E-state index is -5.25. The summed E-state index contributed by atoms with van der Waals surface area (Å²) in [5, 5.41) is 2.63. The quantitative estimate of drug-likeness (QED) is 0.250. The van der Waals surface area contributed by atoms with Crippen LogP contribution in [-0.2, 0) is 23.6 Å². The predicted octanol–water partition coefficient (Wildman–Crippen LogP) is 6.04. The Labute approximate surface area is 162 Å². The van der Waals surface area contributed by atoms with Gasteiger partial charge in [0.15, 0.2) is 5.71 Å². The lowest BCUT2D eigenvalue weighted by atomic mass is 10.0. The van der Waals surface area contributed by atoms with Crippen molar-refractivity contribution in [3.8, 4) is 0 Å². The van der Waals surface area contributed by atoms with Crippen molar-refractivity contribution in [3.05, 3.63) is 70.8 Å². The maximum absolute atomic E-state index is 13.1. The summed E-state index contributed by atoms with van der Waals surface area (Å²) in [6, 6.07) is 6.82. The van der Waals surface area contributed by atoms with Gasteiger partial charge in [0.2, 0.25) is 0 Å². The van der Waals surface area contributed by atoms with Gasteiger partial charge in [-0.05, 0) is 23.8 Å². The number of nitrogens with zero attached hydrogens (tertiary/aromatic N) is 1. The highest BCUT2D eigenvalue weighted by Gasteiger charge is 2.39. The average molecular weight is 443 g/mol. The molecule has 0 bridgehead atoms. The van der Waals surface area contributed by atoms with Gasteiger partial charge in [-0.2, -0.15) is 39.5 Å². The van der Waals surface area contributed by atoms with Gasteiger partial charge in [-0.25, -0.2) is 4.79 Å². The Morgan fingerprint density at radius 1 is 0.800 bits per heavy atom. The van der Waals surface area contributed by atoms with E-state index >= 15 is 0 Å². The van der Waals surface area contributed by atoms with Crippen LogP contribution in [0, 0.1) is 0 Å². The third kappa shape index (κ3) is 6.22. The van der Waals surface area contributed by atoms with Crippen molar-refractivity contribution < 1.29 is 49.1 Å². The molecular weight excluding hydrogens is 433 g/mol. The molecule has 0 atom stereocenters. The van der Waals surface area contributed by atoms with E-state index in [0.29, 0.717) is 0 Å². The smallest absolute Gasteiger partial charge is 0.313 e. The van der Waals surface area contributed by atoms with Gasteiger partial charge in [0.25, 0.3) is 0 Å². The summed E-state index contributed by atoms with van der Waals surface area (Å²) in [6.07, 6.45) is -16.4. The highest BCUT2D eigenvalue weighted by molar-refractivity contribution is 5.94. The van der Waals surface area contributed by atoms with Gasteiger partial charge in [-0.15, -0.1) is 0 Å². The van der Waals surface area contributed by atoms with E-state index in [0.717, 1.165) is 0 Å². The van der Waals surface area contributed by atoms with Crippen molar-refractivity contribution >= 4 is 11.7 Å². The fraction of sp³-hybridized carbons (Fsp3) is 0.222. The van der Waals surface area contributed by atoms with Gasteiger partial charge in [-0.1, -0.05) is 35.5 Å². The van der Waals surface area contributed by atoms with Crippen molar-refractivity contribution in [2.45, 2.75) is 24.9 Å². The molecule has 0 radical (unpaired) electrons. The van der Waals surface area contributed by atoms with Crippen molar-refractivity contribution in [1.82, 2.24) is 0 Å². The zero-order chi connectivity index (χ0) is 22.7. The fourth-order valence-electron chi connectivity index (χ4n) is 2.20. The van der Waals surface area contributed by atoms with Gasteiger partial charge in [0.05, 0.1) is 16.7 Å². The number of rotatable bonds is 4. The lowest BCUT2D eigenvalue weighted by molar-refractivity contribution is -0.143. The lowest BCUT2D eigenvalue weighted by Gasteiger charge is -2.13. The topological polar surface area (TPSA) is 38.7 Å². The molecule has 3 nitrogen and oxygen atoms in total. The molecule has 0 aliphatic carbocycles. The summed E-state index contributed by atoms with van der Waals surface area (Å²) in [5.41, 5.74) is -6.39. The minimum Gasteiger partial charge on any atom is -0.313 e. The molecule has 2 aromatic carbocycles. The molecule has 0 unspecified atom stereocenters. The van der Waals surface area contributed by atoms with Crippen LogP contribution in [0.25, 0.3) is 0 Å². The number of benzene rings is 2. The monoisotopic (exact) mass is 443 g/mol. The molecule has 2 rings (SSSR count). The molecule has 0 aliphatic rings. The Hall–Kier alpha value is -3.05. The molecule has 0 N–H and O–H groups in total. The van der Waals surface area contributed by atoms with Crippen LogP contribution in [0.4, 0.5) is 39.5 Å². The van der Waals surface area contributed by atoms with Crippen LogP contribution in [0.5, 0.6) is 0 Å². The summed E-state index contributed by atoms with van der Waals surface area (Å²) in [7, 11) is 0. The van der Waals surface area contributed by atoms with Gasteiger partial charge >= 0.3 is 24.5 Å². The first kappa shape index (κ1) is 23.2. The molecule has 12 heteroatoms. The second-order valence-corrected chi connectivity index (χ2v) is 5.87. The Kier molecular flexibility index (Phi) is 6.48. The van der Waals surface area contributed by atoms with Crippen LogP contribution in [0.2, 0.25) is 0 Å². The van der Waals surface area contributed by atoms with Gasteiger partial charge in [-0.3, -0.25) is 0 Å². The Morgan fingerprint density at radius 2 is 1.30 bits per heavy atom. The molecule has 0 aliphatic heterocycles. The third-order valence-electron chi connectivity index (χ3n) is 3.60. The van der Waals surface area contributed by atoms with Crippen molar-refractivity contribution in [2.24, 2.45) is 5.16 Å². The first-order valence-corrected chi connectivity index (χ1v) is 7.87. The number of hydrogen-bond acceptors (Lipinski definition) is 3. The minimum absolute atomic E-state index is 0.0253. The zero-order valence-corrected chi connectivity index (χ0v) is 14.5. The zero-order valence-electron chi connectivity index (χ0n) is 14.5. The van der Waals surface area contributed by atoms with E-state index in [1.807, 2.05) is 0 Å². The summed E-state index contributed by atoms with van der Waals surface area (Å²) < 4.78 is 116. The molecule has 30 heavy (non-hydrogen) atoms. The molecule has 0 saturated carbocycles. The Morgan fingerprint density at radius 3 is 1.73 bits per heavy atom. The van der Waals surface area contributed by atoms with Gasteiger partial charge in [0, 0.05) is 6.42 Å². The van der Waals surface area contributed by atoms with E-state index in [9.17, 15) is 44.3 Å². The van der Waals surface area contributed by atoms with Crippen LogP contribution in [0.15, 0.2) is 53.7 Å². The second-order valence-electron chi connectivity index (χ2n) is 5.87. The summed E-state index contributed by atoms with van der Waals surface area (Å²) in [6.45, 7) is 0. The first-order valence-electron chi connectivity index (χ1n) is 7.87. The molecular formula is C18H10F9NO2. The normalized spacial score (nSPS) is 13.3. The van der Waals surface area contributed by atoms with Crippen molar-refractivity contribution in [2.75, 3.05) is 0 Å². The summed E-state index contributed by atoms with van der Waals surface area (Å²) in [5.74, 6) is -1.92. The Bertz CT molecular complexity index is 897. The highest BCUT2D eigenvalue weighted by atomic mass is 19.4. The van der Waals surface area contributed by atoms with E-state index in [1.165, 1.54) is 30.3 Å². The van der Waals surface area contributed by atoms with Crippen LogP contribution in [0.1, 0.15) is 27.0 Å². The van der Waals surface area contributed by atoms with Crippen LogP contribution >= 0.6 is 0 Å². The SMILES string of the molecule is O=C(O/N=C(\Cc1ccccc1)C(F)(F)F)c1cc(C(F)(F)F)cc(C(F)(F)F)c1. The molecule has 0 heterocycles. The molecule has 0 aromatic heterocycles. The van der Waals surface area contributed by atoms with E-state index in [1.54, 1.807) is 0 Å². The molecule has 0 saturated heterocycles. The maximum Gasteiger partial charge on any atom is 0.433 e. The van der Waals surface area contributed by atoms with E-state index in [-0.39, 0.29) is 23.8 Å². The van der Waals surface area contributed by atoms with Crippen LogP contribution in [-0.4, -0.2) is 17.9 Å². The van der Waals surface area contributed by atoms with E-state index in [4.69, 9.17) is 0 Å². The molecule has 0 spiro atoms. The van der Waals surface area contributed by atoms with E-state index in [2.05, 4.69) is 9.99 Å². The van der Waals surface area contributed by atoms with Crippen LogP contribution < -0.4 is 0 Å². The second kappa shape index (κ2) is 8.36. The number of carbonyl (C=O) groups excluding carboxylic acids is 1. The molecule has 0 amide bonds. The fourth-order valence-corrected chi connectivity index (χ4v) is 2.20. The number of carbonyl (C=O) groups is 1. The van der Waals surface area contributed by atoms with E-state index < -0.39 is 53.3 Å². The van der Waals surface area contributed by atoms with Gasteiger partial charge < -0.3 is 4.84 Å². The standard InChI is InChI=1S/C18H10F9NO2/c19-16(20,21)12-7-11(8-13(9-12)17(22,23)24)15(29)30-28-14(18(25,26)27)6-10-4-2-1-3-5-10/h1-5,7-9H,6H2/b28-14+. The molecule has 0 fully saturated rings. The van der Waals surface area contributed by atoms with Crippen LogP contribution in [0.3, 0.4) is 0 Å². The van der Waals surface area contributed by atoms with Gasteiger partial charge in [0.1, 0.15) is 0 Å². The van der Waals surface area contributed by atoms with Crippen molar-refractivity contribution in [1.29, 1.82) is 0 Å². The third-order valence-corrected chi connectivity index (χ3v) is 3.60. The first-order chi connectivity index (χ1) is 13.7. The molecule has 162 valence electrons. The average Bonchev–Trinajstić information content (AvgIpc) is 2.63. The number of oxime groups is 1.